The third-order valence-corrected chi connectivity index (χ3v) is 5.03. The maximum atomic E-state index is 12.0. The lowest BCUT2D eigenvalue weighted by atomic mass is 9.99. The predicted molar refractivity (Wildman–Crippen MR) is 123 cm³/mol. The molecule has 0 radical (unpaired) electrons. The van der Waals surface area contributed by atoms with Gasteiger partial charge in [0.05, 0.1) is 25.6 Å². The summed E-state index contributed by atoms with van der Waals surface area (Å²) < 4.78 is 37.2. The van der Waals surface area contributed by atoms with E-state index in [0.29, 0.717) is 0 Å². The van der Waals surface area contributed by atoms with Gasteiger partial charge in [0.2, 0.25) is 0 Å². The highest BCUT2D eigenvalue weighted by Gasteiger charge is 2.50. The number of carbonyl (C=O) groups excluding carboxylic acids is 5. The Labute approximate surface area is 214 Å². The maximum Gasteiger partial charge on any atom is 0.309 e. The van der Waals surface area contributed by atoms with E-state index < -0.39 is 60.6 Å². The number of rotatable bonds is 12. The van der Waals surface area contributed by atoms with Crippen molar-refractivity contribution in [2.24, 2.45) is 0 Å². The molecule has 1 saturated heterocycles. The van der Waals surface area contributed by atoms with Crippen LogP contribution in [0.2, 0.25) is 0 Å². The lowest BCUT2D eigenvalue weighted by Gasteiger charge is -2.43. The Morgan fingerprint density at radius 3 is 1.89 bits per heavy atom. The zero-order valence-corrected chi connectivity index (χ0v) is 21.2. The van der Waals surface area contributed by atoms with E-state index in [2.05, 4.69) is 0 Å². The van der Waals surface area contributed by atoms with Crippen LogP contribution >= 0.6 is 0 Å². The summed E-state index contributed by atoms with van der Waals surface area (Å²) in [6.45, 7) is 4.79. The first-order chi connectivity index (χ1) is 17.6. The monoisotopic (exact) mass is 524 g/mol. The van der Waals surface area contributed by atoms with Gasteiger partial charge in [-0.05, 0) is 12.5 Å². The van der Waals surface area contributed by atoms with Crippen LogP contribution in [-0.4, -0.2) is 73.8 Å². The van der Waals surface area contributed by atoms with Crippen LogP contribution < -0.4 is 0 Å². The van der Waals surface area contributed by atoms with Crippen molar-refractivity contribution in [1.82, 2.24) is 0 Å². The second kappa shape index (κ2) is 14.9. The van der Waals surface area contributed by atoms with Crippen LogP contribution in [0.1, 0.15) is 46.1 Å². The number of ether oxygens (including phenoxy) is 7. The summed E-state index contributed by atoms with van der Waals surface area (Å²) in [4.78, 5) is 58.8. The predicted octanol–water partition coefficient (Wildman–Crippen LogP) is 1.61. The van der Waals surface area contributed by atoms with Crippen LogP contribution in [0.4, 0.5) is 0 Å². The Balaban J connectivity index is 1.84. The summed E-state index contributed by atoms with van der Waals surface area (Å²) >= 11 is 0. The smallest absolute Gasteiger partial charge is 0.309 e. The molecule has 3 unspecified atom stereocenters. The van der Waals surface area contributed by atoms with Gasteiger partial charge in [-0.2, -0.15) is 0 Å². The van der Waals surface area contributed by atoms with Crippen LogP contribution in [0.5, 0.6) is 0 Å². The van der Waals surface area contributed by atoms with Gasteiger partial charge in [0.25, 0.3) is 0 Å². The van der Waals surface area contributed by atoms with E-state index in [9.17, 15) is 24.0 Å². The van der Waals surface area contributed by atoms with E-state index in [4.69, 9.17) is 33.2 Å². The van der Waals surface area contributed by atoms with E-state index in [1.54, 1.807) is 6.92 Å². The first-order valence-corrected chi connectivity index (χ1v) is 11.7. The second-order valence-electron chi connectivity index (χ2n) is 8.17. The van der Waals surface area contributed by atoms with E-state index in [1.165, 1.54) is 6.92 Å². The average Bonchev–Trinajstić information content (AvgIpc) is 2.82. The Bertz CT molecular complexity index is 931. The Morgan fingerprint density at radius 2 is 1.27 bits per heavy atom. The molecular formula is C25H32O12. The van der Waals surface area contributed by atoms with Crippen molar-refractivity contribution in [3.8, 4) is 0 Å². The molecule has 5 atom stereocenters. The third-order valence-electron chi connectivity index (χ3n) is 5.03. The molecule has 0 saturated carbocycles. The maximum absolute atomic E-state index is 12.0. The molecule has 1 heterocycles. The Hall–Kier alpha value is -3.51. The topological polar surface area (TPSA) is 150 Å². The number of carbonyl (C=O) groups is 5. The first-order valence-electron chi connectivity index (χ1n) is 11.7. The summed E-state index contributed by atoms with van der Waals surface area (Å²) in [7, 11) is 0. The van der Waals surface area contributed by atoms with Crippen molar-refractivity contribution in [2.45, 2.75) is 77.8 Å². The fourth-order valence-electron chi connectivity index (χ4n) is 3.49. The van der Waals surface area contributed by atoms with Gasteiger partial charge in [-0.1, -0.05) is 30.3 Å². The van der Waals surface area contributed by atoms with Gasteiger partial charge in [0.15, 0.2) is 24.6 Å². The minimum Gasteiger partial charge on any atom is -0.465 e. The molecule has 1 fully saturated rings. The molecule has 0 bridgehead atoms. The van der Waals surface area contributed by atoms with Gasteiger partial charge in [0, 0.05) is 20.8 Å². The summed E-state index contributed by atoms with van der Waals surface area (Å²) in [6, 6.07) is 9.15. The third kappa shape index (κ3) is 10.6. The van der Waals surface area contributed by atoms with Crippen molar-refractivity contribution in [2.75, 3.05) is 13.2 Å². The molecule has 0 N–H and O–H groups in total. The summed E-state index contributed by atoms with van der Waals surface area (Å²) in [5.41, 5.74) is 0.839. The van der Waals surface area contributed by atoms with E-state index in [0.717, 1.165) is 19.4 Å². The summed E-state index contributed by atoms with van der Waals surface area (Å²) in [6.07, 6.45) is -5.86. The first kappa shape index (κ1) is 29.7. The van der Waals surface area contributed by atoms with Gasteiger partial charge in [0.1, 0.15) is 13.2 Å². The molecule has 12 heteroatoms. The SMILES string of the molecule is CC(=O)OC1C(OC(C)=O)[C@@H](OC(C)=O)C(C)O[C@H]1OCCC(=O)OCCC(=O)OCc1ccccc1. The highest BCUT2D eigenvalue weighted by atomic mass is 16.7. The molecule has 0 amide bonds. The minimum atomic E-state index is -1.27. The quantitative estimate of drug-likeness (QED) is 0.289. The van der Waals surface area contributed by atoms with Crippen LogP contribution in [0, 0.1) is 0 Å². The van der Waals surface area contributed by atoms with Crippen molar-refractivity contribution in [3.63, 3.8) is 0 Å². The molecule has 1 aromatic rings. The van der Waals surface area contributed by atoms with Gasteiger partial charge in [-0.25, -0.2) is 0 Å². The summed E-state index contributed by atoms with van der Waals surface area (Å²) in [5, 5.41) is 0. The van der Waals surface area contributed by atoms with Crippen molar-refractivity contribution in [1.29, 1.82) is 0 Å². The molecular weight excluding hydrogens is 492 g/mol. The molecule has 0 spiro atoms. The molecule has 1 aliphatic rings. The Morgan fingerprint density at radius 1 is 0.730 bits per heavy atom. The van der Waals surface area contributed by atoms with Gasteiger partial charge in [-0.15, -0.1) is 0 Å². The molecule has 1 aromatic carbocycles. The molecule has 1 aliphatic heterocycles. The van der Waals surface area contributed by atoms with Gasteiger partial charge in [-0.3, -0.25) is 24.0 Å². The average molecular weight is 525 g/mol. The molecule has 37 heavy (non-hydrogen) atoms. The normalized spacial score (nSPS) is 22.9. The Kier molecular flexibility index (Phi) is 12.0. The zero-order valence-electron chi connectivity index (χ0n) is 21.2. The van der Waals surface area contributed by atoms with Gasteiger partial charge < -0.3 is 33.2 Å². The number of benzene rings is 1. The van der Waals surface area contributed by atoms with Crippen molar-refractivity contribution >= 4 is 29.8 Å². The number of hydrogen-bond acceptors (Lipinski definition) is 12. The standard InChI is InChI=1S/C25H32O12/c1-15-22(35-16(2)26)23(36-17(3)27)24(37-18(4)28)25(34-15)32-13-11-20(29)31-12-10-21(30)33-14-19-8-6-5-7-9-19/h5-9,15,22-25H,10-14H2,1-4H3/t15?,22-,23?,24?,25+/m0/s1. The van der Waals surface area contributed by atoms with Crippen LogP contribution in [0.25, 0.3) is 0 Å². The highest BCUT2D eigenvalue weighted by molar-refractivity contribution is 5.72. The van der Waals surface area contributed by atoms with Crippen molar-refractivity contribution < 1.29 is 57.1 Å². The lowest BCUT2D eigenvalue weighted by Crippen LogP contribution is -2.61. The molecule has 0 aromatic heterocycles. The van der Waals surface area contributed by atoms with Crippen LogP contribution in [0.15, 0.2) is 30.3 Å². The largest absolute Gasteiger partial charge is 0.465 e. The molecule has 2 rings (SSSR count). The second-order valence-corrected chi connectivity index (χ2v) is 8.17. The molecule has 12 nitrogen and oxygen atoms in total. The van der Waals surface area contributed by atoms with E-state index in [1.807, 2.05) is 30.3 Å². The van der Waals surface area contributed by atoms with E-state index in [-0.39, 0.29) is 32.7 Å². The van der Waals surface area contributed by atoms with Crippen LogP contribution in [-0.2, 0) is 63.7 Å². The fourth-order valence-corrected chi connectivity index (χ4v) is 3.49. The lowest BCUT2D eigenvalue weighted by molar-refractivity contribution is -0.300. The van der Waals surface area contributed by atoms with Gasteiger partial charge >= 0.3 is 29.8 Å². The minimum absolute atomic E-state index is 0.112. The fraction of sp³-hybridized carbons (Fsp3) is 0.560. The highest BCUT2D eigenvalue weighted by Crippen LogP contribution is 2.29. The van der Waals surface area contributed by atoms with E-state index >= 15 is 0 Å². The molecule has 0 aliphatic carbocycles. The molecule has 204 valence electrons. The number of esters is 5. The number of hydrogen-bond donors (Lipinski definition) is 0. The summed E-state index contributed by atoms with van der Waals surface area (Å²) in [5.74, 6) is -3.21. The zero-order chi connectivity index (χ0) is 27.4. The van der Waals surface area contributed by atoms with Crippen LogP contribution in [0.3, 0.4) is 0 Å². The van der Waals surface area contributed by atoms with Crippen molar-refractivity contribution in [3.05, 3.63) is 35.9 Å².